The molecule has 16 heavy (non-hydrogen) atoms. The lowest BCUT2D eigenvalue weighted by molar-refractivity contribution is -0.0425. The Hall–Kier alpha value is -1.26. The van der Waals surface area contributed by atoms with Crippen LogP contribution in [0, 0.1) is 0 Å². The van der Waals surface area contributed by atoms with E-state index >= 15 is 0 Å². The Bertz CT molecular complexity index is 513. The molecule has 1 N–H and O–H groups in total. The molecule has 1 unspecified atom stereocenters. The van der Waals surface area contributed by atoms with Gasteiger partial charge >= 0.3 is 5.38 Å². The van der Waals surface area contributed by atoms with E-state index in [4.69, 9.17) is 11.6 Å². The summed E-state index contributed by atoms with van der Waals surface area (Å²) < 4.78 is 25.4. The van der Waals surface area contributed by atoms with Crippen molar-refractivity contribution >= 4 is 22.5 Å². The Labute approximate surface area is 95.5 Å². The van der Waals surface area contributed by atoms with E-state index in [1.807, 2.05) is 0 Å². The van der Waals surface area contributed by atoms with Crippen molar-refractivity contribution in [3.63, 3.8) is 0 Å². The van der Waals surface area contributed by atoms with Crippen molar-refractivity contribution in [3.05, 3.63) is 42.1 Å². The van der Waals surface area contributed by atoms with Gasteiger partial charge in [0.15, 0.2) is 6.10 Å². The number of halogens is 3. The number of rotatable bonds is 2. The Morgan fingerprint density at radius 2 is 2.00 bits per heavy atom. The second-order valence-corrected chi connectivity index (χ2v) is 3.91. The first-order chi connectivity index (χ1) is 7.48. The summed E-state index contributed by atoms with van der Waals surface area (Å²) >= 11 is 4.76. The van der Waals surface area contributed by atoms with Gasteiger partial charge in [-0.3, -0.25) is 4.98 Å². The molecular weight excluding hydrogens is 236 g/mol. The van der Waals surface area contributed by atoms with Gasteiger partial charge in [-0.05, 0) is 23.7 Å². The lowest BCUT2D eigenvalue weighted by Crippen LogP contribution is -2.18. The fourth-order valence-electron chi connectivity index (χ4n) is 1.43. The quantitative estimate of drug-likeness (QED) is 0.823. The molecule has 2 aromatic rings. The van der Waals surface area contributed by atoms with Crippen LogP contribution in [0.15, 0.2) is 36.5 Å². The van der Waals surface area contributed by atoms with E-state index in [1.165, 1.54) is 12.3 Å². The zero-order valence-electron chi connectivity index (χ0n) is 8.07. The van der Waals surface area contributed by atoms with Crippen molar-refractivity contribution < 1.29 is 13.9 Å². The maximum atomic E-state index is 12.7. The number of hydrogen-bond acceptors (Lipinski definition) is 2. The normalized spacial score (nSPS) is 14.0. The summed E-state index contributed by atoms with van der Waals surface area (Å²) in [6, 6.07) is 8.49. The number of fused-ring (bicyclic) bond motifs is 1. The van der Waals surface area contributed by atoms with Gasteiger partial charge < -0.3 is 5.11 Å². The summed E-state index contributed by atoms with van der Waals surface area (Å²) in [5, 5.41) is 6.28. The number of aliphatic hydroxyl groups excluding tert-OH is 1. The van der Waals surface area contributed by atoms with Gasteiger partial charge in [0.25, 0.3) is 0 Å². The highest BCUT2D eigenvalue weighted by Gasteiger charge is 2.37. The topological polar surface area (TPSA) is 33.1 Å². The van der Waals surface area contributed by atoms with Gasteiger partial charge in [-0.2, -0.15) is 8.78 Å². The molecule has 0 aliphatic carbocycles. The molecule has 0 amide bonds. The van der Waals surface area contributed by atoms with Gasteiger partial charge in [-0.1, -0.05) is 18.2 Å². The van der Waals surface area contributed by atoms with E-state index in [9.17, 15) is 13.9 Å². The molecule has 1 heterocycles. The Kier molecular flexibility index (Phi) is 2.78. The van der Waals surface area contributed by atoms with Crippen LogP contribution in [0.4, 0.5) is 8.78 Å². The van der Waals surface area contributed by atoms with Gasteiger partial charge in [0.1, 0.15) is 0 Å². The van der Waals surface area contributed by atoms with Crippen LogP contribution in [-0.2, 0) is 0 Å². The van der Waals surface area contributed by atoms with E-state index in [-0.39, 0.29) is 5.56 Å². The SMILES string of the molecule is OC(c1cnc2ccccc2c1)C(F)(F)Cl. The van der Waals surface area contributed by atoms with Gasteiger partial charge in [0.05, 0.1) is 5.52 Å². The van der Waals surface area contributed by atoms with Crippen LogP contribution in [0.5, 0.6) is 0 Å². The summed E-state index contributed by atoms with van der Waals surface area (Å²) in [4.78, 5) is 3.96. The molecule has 1 atom stereocenters. The minimum atomic E-state index is -3.69. The van der Waals surface area contributed by atoms with Crippen molar-refractivity contribution in [2.45, 2.75) is 11.5 Å². The molecule has 0 saturated carbocycles. The number of hydrogen-bond donors (Lipinski definition) is 1. The maximum Gasteiger partial charge on any atom is 0.351 e. The molecular formula is C11H8ClF2NO. The molecule has 0 aliphatic rings. The third kappa shape index (κ3) is 2.13. The highest BCUT2D eigenvalue weighted by molar-refractivity contribution is 6.22. The molecule has 84 valence electrons. The number of aliphatic hydroxyl groups is 1. The summed E-state index contributed by atoms with van der Waals surface area (Å²) in [7, 11) is 0. The fourth-order valence-corrected chi connectivity index (χ4v) is 1.55. The Morgan fingerprint density at radius 3 is 2.69 bits per heavy atom. The molecule has 2 rings (SSSR count). The van der Waals surface area contributed by atoms with Gasteiger partial charge in [0.2, 0.25) is 0 Å². The summed E-state index contributed by atoms with van der Waals surface area (Å²) in [5.41, 5.74) is 0.676. The monoisotopic (exact) mass is 243 g/mol. The minimum absolute atomic E-state index is 0.00120. The average Bonchev–Trinajstić information content (AvgIpc) is 2.26. The van der Waals surface area contributed by atoms with E-state index < -0.39 is 11.5 Å². The van der Waals surface area contributed by atoms with Gasteiger partial charge in [0, 0.05) is 17.1 Å². The smallest absolute Gasteiger partial charge is 0.351 e. The van der Waals surface area contributed by atoms with Crippen LogP contribution in [-0.4, -0.2) is 15.5 Å². The number of para-hydroxylation sites is 1. The number of benzene rings is 1. The predicted molar refractivity (Wildman–Crippen MR) is 57.5 cm³/mol. The molecule has 0 aliphatic heterocycles. The average molecular weight is 244 g/mol. The molecule has 2 nitrogen and oxygen atoms in total. The zero-order chi connectivity index (χ0) is 11.8. The highest BCUT2D eigenvalue weighted by atomic mass is 35.5. The molecule has 0 saturated heterocycles. The van der Waals surface area contributed by atoms with E-state index in [1.54, 1.807) is 24.3 Å². The van der Waals surface area contributed by atoms with Gasteiger partial charge in [-0.15, -0.1) is 0 Å². The summed E-state index contributed by atoms with van der Waals surface area (Å²) in [6.07, 6.45) is -0.852. The van der Waals surface area contributed by atoms with Gasteiger partial charge in [-0.25, -0.2) is 0 Å². The van der Waals surface area contributed by atoms with Crippen molar-refractivity contribution in [2.75, 3.05) is 0 Å². The number of aromatic nitrogens is 1. The molecule has 5 heteroatoms. The van der Waals surface area contributed by atoms with E-state index in [0.29, 0.717) is 10.9 Å². The summed E-state index contributed by atoms with van der Waals surface area (Å²) in [5.74, 6) is 0. The fraction of sp³-hybridized carbons (Fsp3) is 0.182. The number of nitrogens with zero attached hydrogens (tertiary/aromatic N) is 1. The van der Waals surface area contributed by atoms with Crippen molar-refractivity contribution in [1.82, 2.24) is 4.98 Å². The molecule has 0 fully saturated rings. The van der Waals surface area contributed by atoms with Crippen LogP contribution in [0.25, 0.3) is 10.9 Å². The first kappa shape index (κ1) is 11.2. The summed E-state index contributed by atoms with van der Waals surface area (Å²) in [6.45, 7) is 0. The first-order valence-corrected chi connectivity index (χ1v) is 4.96. The molecule has 1 aromatic heterocycles. The Balaban J connectivity index is 2.47. The minimum Gasteiger partial charge on any atom is -0.381 e. The molecule has 0 radical (unpaired) electrons. The maximum absolute atomic E-state index is 12.7. The third-order valence-electron chi connectivity index (χ3n) is 2.24. The zero-order valence-corrected chi connectivity index (χ0v) is 8.83. The Morgan fingerprint density at radius 1 is 1.31 bits per heavy atom. The lowest BCUT2D eigenvalue weighted by Gasteiger charge is -2.16. The largest absolute Gasteiger partial charge is 0.381 e. The lowest BCUT2D eigenvalue weighted by atomic mass is 10.1. The number of alkyl halides is 3. The van der Waals surface area contributed by atoms with Crippen molar-refractivity contribution in [3.8, 4) is 0 Å². The van der Waals surface area contributed by atoms with Crippen molar-refractivity contribution in [1.29, 1.82) is 0 Å². The van der Waals surface area contributed by atoms with Crippen LogP contribution in [0.2, 0.25) is 0 Å². The van der Waals surface area contributed by atoms with Crippen molar-refractivity contribution in [2.24, 2.45) is 0 Å². The van der Waals surface area contributed by atoms with E-state index in [2.05, 4.69) is 4.98 Å². The second-order valence-electron chi connectivity index (χ2n) is 3.41. The molecule has 0 bridgehead atoms. The number of pyridine rings is 1. The first-order valence-electron chi connectivity index (χ1n) is 4.58. The van der Waals surface area contributed by atoms with Crippen LogP contribution in [0.1, 0.15) is 11.7 Å². The molecule has 1 aromatic carbocycles. The van der Waals surface area contributed by atoms with Crippen LogP contribution < -0.4 is 0 Å². The standard InChI is InChI=1S/C11H8ClF2NO/c12-11(13,14)10(16)8-5-7-3-1-2-4-9(7)15-6-8/h1-6,10,16H. The van der Waals surface area contributed by atoms with Crippen LogP contribution in [0.3, 0.4) is 0 Å². The third-order valence-corrected chi connectivity index (χ3v) is 2.44. The molecule has 0 spiro atoms. The highest BCUT2D eigenvalue weighted by Crippen LogP contribution is 2.35. The predicted octanol–water partition coefficient (Wildman–Crippen LogP) is 3.10. The van der Waals surface area contributed by atoms with Crippen LogP contribution >= 0.6 is 11.6 Å². The van der Waals surface area contributed by atoms with E-state index in [0.717, 1.165) is 0 Å². The second kappa shape index (κ2) is 3.96.